The van der Waals surface area contributed by atoms with E-state index in [2.05, 4.69) is 27.2 Å². The lowest BCUT2D eigenvalue weighted by atomic mass is 10.1. The lowest BCUT2D eigenvalue weighted by molar-refractivity contribution is 1.02. The molecule has 86 valence electrons. The van der Waals surface area contributed by atoms with E-state index in [-0.39, 0.29) is 5.96 Å². The highest BCUT2D eigenvalue weighted by atomic mass is 35.5. The van der Waals surface area contributed by atoms with Crippen LogP contribution < -0.4 is 11.2 Å². The van der Waals surface area contributed by atoms with Crippen molar-refractivity contribution in [3.63, 3.8) is 0 Å². The third kappa shape index (κ3) is 2.95. The molecule has 0 fully saturated rings. The van der Waals surface area contributed by atoms with Crippen LogP contribution in [0.2, 0.25) is 0 Å². The number of benzene rings is 2. The third-order valence-electron chi connectivity index (χ3n) is 2.26. The summed E-state index contributed by atoms with van der Waals surface area (Å²) in [6.07, 6.45) is 1.65. The lowest BCUT2D eigenvalue weighted by Crippen LogP contribution is -2.26. The van der Waals surface area contributed by atoms with Gasteiger partial charge in [-0.3, -0.25) is 0 Å². The number of fused-ring (bicyclic) bond motifs is 1. The molecule has 0 aliphatic carbocycles. The fraction of sp³-hybridized carbons (Fsp3) is 0. The molecule has 4 nitrogen and oxygen atoms in total. The van der Waals surface area contributed by atoms with E-state index in [0.29, 0.717) is 0 Å². The first-order valence-electron chi connectivity index (χ1n) is 5.02. The van der Waals surface area contributed by atoms with E-state index in [1.807, 2.05) is 30.3 Å². The molecule has 0 amide bonds. The summed E-state index contributed by atoms with van der Waals surface area (Å²) in [5, 5.41) is 6.26. The van der Waals surface area contributed by atoms with Crippen molar-refractivity contribution in [2.24, 2.45) is 15.3 Å². The van der Waals surface area contributed by atoms with Gasteiger partial charge < -0.3 is 5.73 Å². The monoisotopic (exact) mass is 246 g/mol. The van der Waals surface area contributed by atoms with Crippen molar-refractivity contribution in [2.45, 2.75) is 0 Å². The van der Waals surface area contributed by atoms with E-state index in [0.717, 1.165) is 10.9 Å². The van der Waals surface area contributed by atoms with Gasteiger partial charge in [-0.25, -0.2) is 5.43 Å². The summed E-state index contributed by atoms with van der Waals surface area (Å²) in [5.74, 6) is 0.0590. The highest BCUT2D eigenvalue weighted by Gasteiger charge is 1.93. The molecule has 5 heteroatoms. The minimum atomic E-state index is 0.0590. The zero-order chi connectivity index (χ0) is 12.1. The maximum absolute atomic E-state index is 5.32. The molecule has 2 aromatic rings. The number of hydrogen-bond acceptors (Lipinski definition) is 2. The minimum Gasteiger partial charge on any atom is -0.367 e. The number of nitrogens with zero attached hydrogens (tertiary/aromatic N) is 2. The second kappa shape index (κ2) is 5.32. The van der Waals surface area contributed by atoms with Gasteiger partial charge in [0.15, 0.2) is 0 Å². The first kappa shape index (κ1) is 11.4. The van der Waals surface area contributed by atoms with Crippen LogP contribution in [0.1, 0.15) is 5.56 Å². The molecule has 0 aliphatic heterocycles. The summed E-state index contributed by atoms with van der Waals surface area (Å²) in [6.45, 7) is 0. The number of nitrogens with two attached hydrogens (primary N) is 1. The van der Waals surface area contributed by atoms with Gasteiger partial charge in [-0.1, -0.05) is 36.4 Å². The van der Waals surface area contributed by atoms with Crippen molar-refractivity contribution in [3.8, 4) is 0 Å². The molecule has 0 heterocycles. The van der Waals surface area contributed by atoms with Crippen LogP contribution in [0, 0.1) is 0 Å². The molecule has 0 aromatic heterocycles. The van der Waals surface area contributed by atoms with Crippen LogP contribution in [-0.4, -0.2) is 12.2 Å². The van der Waals surface area contributed by atoms with Gasteiger partial charge in [-0.2, -0.15) is 5.10 Å². The Balaban J connectivity index is 2.19. The van der Waals surface area contributed by atoms with Crippen LogP contribution in [0.3, 0.4) is 0 Å². The predicted octanol–water partition coefficient (Wildman–Crippen LogP) is 2.23. The number of guanidine groups is 1. The summed E-state index contributed by atoms with van der Waals surface area (Å²) < 4.78 is 3.21. The van der Waals surface area contributed by atoms with Gasteiger partial charge in [0.05, 0.1) is 6.21 Å². The number of hydrogen-bond donors (Lipinski definition) is 2. The summed E-state index contributed by atoms with van der Waals surface area (Å²) in [5.41, 5.74) is 8.79. The molecule has 0 unspecified atom stereocenters. The van der Waals surface area contributed by atoms with E-state index in [1.54, 1.807) is 6.21 Å². The van der Waals surface area contributed by atoms with E-state index < -0.39 is 0 Å². The van der Waals surface area contributed by atoms with Gasteiger partial charge in [0.25, 0.3) is 0 Å². The fourth-order valence-electron chi connectivity index (χ4n) is 1.48. The molecule has 0 saturated heterocycles. The highest BCUT2D eigenvalue weighted by molar-refractivity contribution is 6.19. The van der Waals surface area contributed by atoms with Crippen LogP contribution >= 0.6 is 11.8 Å². The van der Waals surface area contributed by atoms with E-state index in [4.69, 9.17) is 17.5 Å². The molecular formula is C12H11ClN4. The molecular weight excluding hydrogens is 236 g/mol. The van der Waals surface area contributed by atoms with Crippen molar-refractivity contribution < 1.29 is 0 Å². The van der Waals surface area contributed by atoms with Crippen LogP contribution in [0.4, 0.5) is 0 Å². The van der Waals surface area contributed by atoms with E-state index in [1.165, 1.54) is 5.39 Å². The Morgan fingerprint density at radius 2 is 1.94 bits per heavy atom. The topological polar surface area (TPSA) is 62.8 Å². The van der Waals surface area contributed by atoms with Crippen LogP contribution in [0.25, 0.3) is 10.8 Å². The van der Waals surface area contributed by atoms with Crippen LogP contribution in [0.15, 0.2) is 52.1 Å². The zero-order valence-corrected chi connectivity index (χ0v) is 9.72. The van der Waals surface area contributed by atoms with Gasteiger partial charge >= 0.3 is 0 Å². The first-order valence-corrected chi connectivity index (χ1v) is 5.36. The average Bonchev–Trinajstić information content (AvgIpc) is 2.38. The second-order valence-electron chi connectivity index (χ2n) is 3.45. The molecule has 2 aromatic carbocycles. The molecule has 0 atom stereocenters. The molecule has 17 heavy (non-hydrogen) atoms. The normalized spacial score (nSPS) is 12.2. The Kier molecular flexibility index (Phi) is 3.57. The number of nitrogens with one attached hydrogen (secondary N) is 1. The third-order valence-corrected chi connectivity index (χ3v) is 2.44. The quantitative estimate of drug-likeness (QED) is 0.485. The van der Waals surface area contributed by atoms with Gasteiger partial charge in [0.2, 0.25) is 5.96 Å². The Morgan fingerprint density at radius 3 is 2.71 bits per heavy atom. The molecule has 2 rings (SSSR count). The maximum atomic E-state index is 5.32. The largest absolute Gasteiger partial charge is 0.367 e. The predicted molar refractivity (Wildman–Crippen MR) is 72.2 cm³/mol. The van der Waals surface area contributed by atoms with E-state index in [9.17, 15) is 0 Å². The summed E-state index contributed by atoms with van der Waals surface area (Å²) in [4.78, 5) is 0. The van der Waals surface area contributed by atoms with Gasteiger partial charge in [0, 0.05) is 11.8 Å². The zero-order valence-electron chi connectivity index (χ0n) is 8.97. The van der Waals surface area contributed by atoms with Gasteiger partial charge in [-0.05, 0) is 22.4 Å². The Bertz CT molecular complexity index is 577. The highest BCUT2D eigenvalue weighted by Crippen LogP contribution is 2.14. The molecule has 0 radical (unpaired) electrons. The lowest BCUT2D eigenvalue weighted by Gasteiger charge is -1.99. The van der Waals surface area contributed by atoms with Crippen molar-refractivity contribution in [2.75, 3.05) is 0 Å². The molecule has 0 aliphatic rings. The van der Waals surface area contributed by atoms with Crippen molar-refractivity contribution in [1.82, 2.24) is 5.43 Å². The molecule has 0 bridgehead atoms. The molecule has 0 spiro atoms. The minimum absolute atomic E-state index is 0.0590. The second-order valence-corrected chi connectivity index (χ2v) is 3.62. The summed E-state index contributed by atoms with van der Waals surface area (Å²) in [6, 6.07) is 14.2. The Labute approximate surface area is 104 Å². The van der Waals surface area contributed by atoms with Crippen molar-refractivity contribution >= 4 is 34.7 Å². The molecule has 0 saturated carbocycles. The Morgan fingerprint density at radius 1 is 1.18 bits per heavy atom. The maximum Gasteiger partial charge on any atom is 0.226 e. The van der Waals surface area contributed by atoms with Crippen molar-refractivity contribution in [3.05, 3.63) is 48.0 Å². The summed E-state index contributed by atoms with van der Waals surface area (Å²) >= 11 is 5.14. The average molecular weight is 247 g/mol. The van der Waals surface area contributed by atoms with Gasteiger partial charge in [-0.15, -0.1) is 4.51 Å². The molecule has 3 N–H and O–H groups in total. The fourth-order valence-corrected chi connectivity index (χ4v) is 1.52. The smallest absolute Gasteiger partial charge is 0.226 e. The number of halogens is 1. The number of rotatable bonds is 2. The Hall–Kier alpha value is -2.07. The standard InChI is InChI=1S/C12H11ClN4/c13-16-12(14)17-15-8-9-5-6-10-3-1-2-4-11(10)7-9/h1-8H,(H3,14,16,17). The van der Waals surface area contributed by atoms with Crippen LogP contribution in [-0.2, 0) is 0 Å². The van der Waals surface area contributed by atoms with E-state index >= 15 is 0 Å². The van der Waals surface area contributed by atoms with Crippen molar-refractivity contribution in [1.29, 1.82) is 0 Å². The summed E-state index contributed by atoms with van der Waals surface area (Å²) in [7, 11) is 0. The van der Waals surface area contributed by atoms with Crippen LogP contribution in [0.5, 0.6) is 0 Å². The number of hydrazone groups is 1. The first-order chi connectivity index (χ1) is 8.29. The SMILES string of the molecule is N/C(=N\Cl)NN=Cc1ccc2ccccc2c1. The van der Waals surface area contributed by atoms with Gasteiger partial charge in [0.1, 0.15) is 0 Å².